The van der Waals surface area contributed by atoms with E-state index in [-0.39, 0.29) is 18.1 Å². The van der Waals surface area contributed by atoms with Crippen molar-refractivity contribution in [3.63, 3.8) is 0 Å². The van der Waals surface area contributed by atoms with E-state index in [2.05, 4.69) is 0 Å². The van der Waals surface area contributed by atoms with E-state index < -0.39 is 5.97 Å². The molecule has 0 saturated carbocycles. The lowest BCUT2D eigenvalue weighted by molar-refractivity contribution is -0.145. The third-order valence-corrected chi connectivity index (χ3v) is 2.21. The lowest BCUT2D eigenvalue weighted by Crippen LogP contribution is -2.25. The molecule has 1 fully saturated rings. The molecule has 0 aromatic rings. The van der Waals surface area contributed by atoms with Crippen molar-refractivity contribution in [1.29, 1.82) is 0 Å². The lowest BCUT2D eigenvalue weighted by atomic mass is 10.0. The van der Waals surface area contributed by atoms with Gasteiger partial charge in [-0.2, -0.15) is 0 Å². The summed E-state index contributed by atoms with van der Waals surface area (Å²) in [7, 11) is 0. The van der Waals surface area contributed by atoms with E-state index in [0.717, 1.165) is 12.8 Å². The molecule has 3 heteroatoms. The quantitative estimate of drug-likeness (QED) is 0.658. The van der Waals surface area contributed by atoms with Crippen molar-refractivity contribution in [1.82, 2.24) is 0 Å². The number of carboxylic acids is 1. The summed E-state index contributed by atoms with van der Waals surface area (Å²) in [6, 6.07) is 0. The van der Waals surface area contributed by atoms with Gasteiger partial charge in [-0.15, -0.1) is 0 Å². The topological polar surface area (TPSA) is 46.5 Å². The van der Waals surface area contributed by atoms with Gasteiger partial charge in [0.25, 0.3) is 0 Å². The highest BCUT2D eigenvalue weighted by Gasteiger charge is 2.30. The van der Waals surface area contributed by atoms with Crippen LogP contribution in [0.2, 0.25) is 0 Å². The summed E-state index contributed by atoms with van der Waals surface area (Å²) in [6.07, 6.45) is 2.04. The van der Waals surface area contributed by atoms with Crippen molar-refractivity contribution in [2.45, 2.75) is 38.9 Å². The first-order valence-corrected chi connectivity index (χ1v) is 3.99. The van der Waals surface area contributed by atoms with E-state index in [1.165, 1.54) is 0 Å². The van der Waals surface area contributed by atoms with Crippen molar-refractivity contribution < 1.29 is 14.6 Å². The summed E-state index contributed by atoms with van der Waals surface area (Å²) < 4.78 is 5.40. The zero-order valence-corrected chi connectivity index (χ0v) is 6.91. The second-order valence-corrected chi connectivity index (χ2v) is 3.19. The Kier molecular flexibility index (Phi) is 2.49. The molecule has 0 amide bonds. The first-order valence-electron chi connectivity index (χ1n) is 3.99. The van der Waals surface area contributed by atoms with Crippen LogP contribution < -0.4 is 0 Å². The first kappa shape index (κ1) is 8.53. The highest BCUT2D eigenvalue weighted by Crippen LogP contribution is 2.24. The molecule has 1 aliphatic heterocycles. The molecule has 0 spiro atoms. The summed E-state index contributed by atoms with van der Waals surface area (Å²) in [5, 5.41) is 8.65. The molecule has 1 saturated heterocycles. The van der Waals surface area contributed by atoms with Gasteiger partial charge in [0.1, 0.15) is 0 Å². The van der Waals surface area contributed by atoms with Crippen LogP contribution in [0.4, 0.5) is 0 Å². The second kappa shape index (κ2) is 3.22. The van der Waals surface area contributed by atoms with Crippen LogP contribution in [-0.4, -0.2) is 23.3 Å². The lowest BCUT2D eigenvalue weighted by Gasteiger charge is -2.14. The third kappa shape index (κ3) is 1.93. The Morgan fingerprint density at radius 1 is 1.64 bits per heavy atom. The molecule has 0 aromatic heterocycles. The number of carbonyl (C=O) groups is 1. The average molecular weight is 158 g/mol. The number of rotatable bonds is 2. The van der Waals surface area contributed by atoms with E-state index in [9.17, 15) is 4.79 Å². The molecule has 0 aromatic carbocycles. The molecular weight excluding hydrogens is 144 g/mol. The van der Waals surface area contributed by atoms with Gasteiger partial charge in [0, 0.05) is 0 Å². The van der Waals surface area contributed by atoms with Crippen LogP contribution in [0.5, 0.6) is 0 Å². The van der Waals surface area contributed by atoms with Gasteiger partial charge in [-0.05, 0) is 26.7 Å². The van der Waals surface area contributed by atoms with Crippen molar-refractivity contribution >= 4 is 5.97 Å². The van der Waals surface area contributed by atoms with Crippen molar-refractivity contribution in [2.24, 2.45) is 5.92 Å². The van der Waals surface area contributed by atoms with Gasteiger partial charge in [-0.25, -0.2) is 0 Å². The summed E-state index contributed by atoms with van der Waals surface area (Å²) in [4.78, 5) is 10.5. The molecule has 1 rings (SSSR count). The first-order chi connectivity index (χ1) is 5.11. The number of hydrogen-bond acceptors (Lipinski definition) is 2. The van der Waals surface area contributed by atoms with Crippen LogP contribution in [-0.2, 0) is 9.53 Å². The number of hydrogen-bond donors (Lipinski definition) is 1. The minimum Gasteiger partial charge on any atom is -0.481 e. The van der Waals surface area contributed by atoms with Crippen LogP contribution in [0.3, 0.4) is 0 Å². The normalized spacial score (nSPS) is 33.6. The maximum Gasteiger partial charge on any atom is 0.308 e. The SMILES string of the molecule is CC(C(=O)O)[C@@H]1CC[C@@H](C)O1. The van der Waals surface area contributed by atoms with Gasteiger partial charge in [0.2, 0.25) is 0 Å². The molecule has 1 aliphatic rings. The van der Waals surface area contributed by atoms with Crippen molar-refractivity contribution in [2.75, 3.05) is 0 Å². The molecule has 0 bridgehead atoms. The summed E-state index contributed by atoms with van der Waals surface area (Å²) in [5.74, 6) is -1.12. The predicted molar refractivity (Wildman–Crippen MR) is 40.4 cm³/mol. The van der Waals surface area contributed by atoms with E-state index >= 15 is 0 Å². The third-order valence-electron chi connectivity index (χ3n) is 2.21. The molecule has 1 unspecified atom stereocenters. The van der Waals surface area contributed by atoms with Gasteiger partial charge in [-0.3, -0.25) is 4.79 Å². The standard InChI is InChI=1S/C8H14O3/c1-5-3-4-7(11-5)6(2)8(9)10/h5-7H,3-4H2,1-2H3,(H,9,10)/t5-,6?,7+/m1/s1. The van der Waals surface area contributed by atoms with E-state index in [0.29, 0.717) is 0 Å². The second-order valence-electron chi connectivity index (χ2n) is 3.19. The Bertz CT molecular complexity index is 155. The minimum absolute atomic E-state index is 0.0671. The predicted octanol–water partition coefficient (Wildman–Crippen LogP) is 1.27. The molecular formula is C8H14O3. The smallest absolute Gasteiger partial charge is 0.308 e. The van der Waals surface area contributed by atoms with Gasteiger partial charge in [-0.1, -0.05) is 0 Å². The maximum atomic E-state index is 10.5. The van der Waals surface area contributed by atoms with E-state index in [1.54, 1.807) is 6.92 Å². The molecule has 11 heavy (non-hydrogen) atoms. The Morgan fingerprint density at radius 2 is 2.27 bits per heavy atom. The summed E-state index contributed by atoms with van der Waals surface area (Å²) in [6.45, 7) is 3.68. The number of aliphatic carboxylic acids is 1. The van der Waals surface area contributed by atoms with E-state index in [1.807, 2.05) is 6.92 Å². The molecule has 64 valence electrons. The zero-order chi connectivity index (χ0) is 8.43. The molecule has 0 radical (unpaired) electrons. The van der Waals surface area contributed by atoms with Crippen LogP contribution in [0.15, 0.2) is 0 Å². The Balaban J connectivity index is 2.43. The number of ether oxygens (including phenoxy) is 1. The molecule has 1 N–H and O–H groups in total. The van der Waals surface area contributed by atoms with Gasteiger partial charge >= 0.3 is 5.97 Å². The Hall–Kier alpha value is -0.570. The molecule has 3 nitrogen and oxygen atoms in total. The zero-order valence-electron chi connectivity index (χ0n) is 6.91. The largest absolute Gasteiger partial charge is 0.481 e. The van der Waals surface area contributed by atoms with Crippen LogP contribution in [0, 0.1) is 5.92 Å². The fraction of sp³-hybridized carbons (Fsp3) is 0.875. The minimum atomic E-state index is -0.760. The molecule has 1 heterocycles. The fourth-order valence-corrected chi connectivity index (χ4v) is 1.36. The van der Waals surface area contributed by atoms with E-state index in [4.69, 9.17) is 9.84 Å². The van der Waals surface area contributed by atoms with Gasteiger partial charge < -0.3 is 9.84 Å². The van der Waals surface area contributed by atoms with Gasteiger partial charge in [0.15, 0.2) is 0 Å². The summed E-state index contributed by atoms with van der Waals surface area (Å²) in [5.41, 5.74) is 0. The Morgan fingerprint density at radius 3 is 2.64 bits per heavy atom. The molecule has 0 aliphatic carbocycles. The summed E-state index contributed by atoms with van der Waals surface area (Å²) >= 11 is 0. The monoisotopic (exact) mass is 158 g/mol. The number of carboxylic acid groups (broad SMARTS) is 1. The highest BCUT2D eigenvalue weighted by atomic mass is 16.5. The van der Waals surface area contributed by atoms with Crippen molar-refractivity contribution in [3.05, 3.63) is 0 Å². The maximum absolute atomic E-state index is 10.5. The van der Waals surface area contributed by atoms with Crippen LogP contribution in [0.25, 0.3) is 0 Å². The van der Waals surface area contributed by atoms with Crippen LogP contribution in [0.1, 0.15) is 26.7 Å². The fourth-order valence-electron chi connectivity index (χ4n) is 1.36. The van der Waals surface area contributed by atoms with Gasteiger partial charge in [0.05, 0.1) is 18.1 Å². The van der Waals surface area contributed by atoms with Crippen molar-refractivity contribution in [3.8, 4) is 0 Å². The Labute approximate surface area is 66.4 Å². The average Bonchev–Trinajstić information content (AvgIpc) is 2.34. The molecule has 3 atom stereocenters. The highest BCUT2D eigenvalue weighted by molar-refractivity contribution is 5.70. The van der Waals surface area contributed by atoms with Crippen LogP contribution >= 0.6 is 0 Å².